The first-order chi connectivity index (χ1) is 9.20. The summed E-state index contributed by atoms with van der Waals surface area (Å²) >= 11 is 3.23. The lowest BCUT2D eigenvalue weighted by Gasteiger charge is -2.00. The summed E-state index contributed by atoms with van der Waals surface area (Å²) in [6, 6.07) is 4.89. The largest absolute Gasteiger partial charge is 0.441 e. The molecule has 0 amide bonds. The Labute approximate surface area is 120 Å². The van der Waals surface area contributed by atoms with Gasteiger partial charge < -0.3 is 9.73 Å². The first kappa shape index (κ1) is 14.2. The molecule has 0 aliphatic heterocycles. The zero-order chi connectivity index (χ0) is 13.7. The van der Waals surface area contributed by atoms with Gasteiger partial charge in [0.15, 0.2) is 11.7 Å². The minimum atomic E-state index is -0.315. The molecule has 0 spiro atoms. The van der Waals surface area contributed by atoms with Crippen LogP contribution in [-0.2, 0) is 6.42 Å². The summed E-state index contributed by atoms with van der Waals surface area (Å²) in [7, 11) is 0. The minimum Gasteiger partial charge on any atom is -0.441 e. The average Bonchev–Trinajstić information content (AvgIpc) is 2.83. The van der Waals surface area contributed by atoms with Gasteiger partial charge in [0.25, 0.3) is 0 Å². The number of halogens is 2. The van der Waals surface area contributed by atoms with E-state index >= 15 is 0 Å². The van der Waals surface area contributed by atoms with Crippen LogP contribution in [0.1, 0.15) is 19.2 Å². The van der Waals surface area contributed by atoms with E-state index in [4.69, 9.17) is 4.42 Å². The van der Waals surface area contributed by atoms with Crippen molar-refractivity contribution in [3.8, 4) is 11.3 Å². The Bertz CT molecular complexity index is 542. The molecule has 0 saturated carbocycles. The molecule has 5 heteroatoms. The molecule has 0 bridgehead atoms. The van der Waals surface area contributed by atoms with Gasteiger partial charge in [-0.15, -0.1) is 0 Å². The normalized spacial score (nSPS) is 10.9. The Morgan fingerprint density at radius 3 is 3.00 bits per heavy atom. The Morgan fingerprint density at radius 1 is 1.42 bits per heavy atom. The molecule has 0 atom stereocenters. The highest BCUT2D eigenvalue weighted by molar-refractivity contribution is 9.10. The van der Waals surface area contributed by atoms with Crippen LogP contribution in [0.2, 0.25) is 0 Å². The smallest absolute Gasteiger partial charge is 0.194 e. The molecular formula is C14H16BrFN2O. The van der Waals surface area contributed by atoms with E-state index in [1.54, 1.807) is 18.3 Å². The van der Waals surface area contributed by atoms with Gasteiger partial charge in [-0.1, -0.05) is 22.9 Å². The molecule has 1 heterocycles. The van der Waals surface area contributed by atoms with Crippen molar-refractivity contribution in [1.29, 1.82) is 0 Å². The van der Waals surface area contributed by atoms with Crippen LogP contribution < -0.4 is 5.32 Å². The third-order valence-electron chi connectivity index (χ3n) is 2.74. The maximum atomic E-state index is 13.8. The summed E-state index contributed by atoms with van der Waals surface area (Å²) in [5.41, 5.74) is 0.439. The van der Waals surface area contributed by atoms with Crippen LogP contribution in [0, 0.1) is 5.82 Å². The van der Waals surface area contributed by atoms with Gasteiger partial charge in [-0.05, 0) is 37.7 Å². The molecule has 0 fully saturated rings. The predicted octanol–water partition coefficient (Wildman–Crippen LogP) is 3.79. The molecule has 1 aromatic carbocycles. The number of benzene rings is 1. The number of hydrogen-bond donors (Lipinski definition) is 1. The lowest BCUT2D eigenvalue weighted by atomic mass is 10.2. The number of aromatic nitrogens is 1. The predicted molar refractivity (Wildman–Crippen MR) is 76.5 cm³/mol. The quantitative estimate of drug-likeness (QED) is 0.821. The summed E-state index contributed by atoms with van der Waals surface area (Å²) in [6.45, 7) is 3.96. The standard InChI is InChI=1S/C14H16BrFN2O/c1-2-17-7-3-4-14-18-9-13(19-14)11-6-5-10(15)8-12(11)16/h5-6,8-9,17H,2-4,7H2,1H3. The summed E-state index contributed by atoms with van der Waals surface area (Å²) < 4.78 is 20.1. The zero-order valence-electron chi connectivity index (χ0n) is 10.7. The van der Waals surface area contributed by atoms with Crippen molar-refractivity contribution in [3.05, 3.63) is 40.6 Å². The molecule has 102 valence electrons. The maximum Gasteiger partial charge on any atom is 0.194 e. The third-order valence-corrected chi connectivity index (χ3v) is 3.24. The van der Waals surface area contributed by atoms with Crippen LogP contribution in [-0.4, -0.2) is 18.1 Å². The number of nitrogens with zero attached hydrogens (tertiary/aromatic N) is 1. The fourth-order valence-electron chi connectivity index (χ4n) is 1.78. The molecule has 19 heavy (non-hydrogen) atoms. The molecule has 3 nitrogen and oxygen atoms in total. The molecule has 2 rings (SSSR count). The first-order valence-corrected chi connectivity index (χ1v) is 7.11. The van der Waals surface area contributed by atoms with Gasteiger partial charge in [0.05, 0.1) is 11.8 Å². The van der Waals surface area contributed by atoms with E-state index in [9.17, 15) is 4.39 Å². The molecule has 0 unspecified atom stereocenters. The zero-order valence-corrected chi connectivity index (χ0v) is 12.3. The lowest BCUT2D eigenvalue weighted by molar-refractivity contribution is 0.490. The third kappa shape index (κ3) is 3.88. The number of rotatable bonds is 6. The number of nitrogens with one attached hydrogen (secondary N) is 1. The molecule has 0 aliphatic rings. The Hall–Kier alpha value is -1.20. The summed E-state index contributed by atoms with van der Waals surface area (Å²) in [6.07, 6.45) is 3.29. The van der Waals surface area contributed by atoms with Gasteiger partial charge in [0.2, 0.25) is 0 Å². The second kappa shape index (κ2) is 6.82. The van der Waals surface area contributed by atoms with E-state index < -0.39 is 0 Å². The van der Waals surface area contributed by atoms with Crippen molar-refractivity contribution < 1.29 is 8.81 Å². The van der Waals surface area contributed by atoms with Crippen molar-refractivity contribution in [2.75, 3.05) is 13.1 Å². The van der Waals surface area contributed by atoms with Gasteiger partial charge in [0.1, 0.15) is 5.82 Å². The van der Waals surface area contributed by atoms with Crippen LogP contribution in [0.25, 0.3) is 11.3 Å². The number of oxazole rings is 1. The van der Waals surface area contributed by atoms with E-state index in [-0.39, 0.29) is 5.82 Å². The van der Waals surface area contributed by atoms with Crippen LogP contribution >= 0.6 is 15.9 Å². The minimum absolute atomic E-state index is 0.315. The van der Waals surface area contributed by atoms with Gasteiger partial charge >= 0.3 is 0 Å². The Morgan fingerprint density at radius 2 is 2.26 bits per heavy atom. The molecule has 1 aromatic heterocycles. The van der Waals surface area contributed by atoms with Crippen molar-refractivity contribution in [1.82, 2.24) is 10.3 Å². The topological polar surface area (TPSA) is 38.1 Å². The lowest BCUT2D eigenvalue weighted by Crippen LogP contribution is -2.14. The molecule has 1 N–H and O–H groups in total. The van der Waals surface area contributed by atoms with Crippen molar-refractivity contribution in [2.45, 2.75) is 19.8 Å². The molecule has 0 saturated heterocycles. The molecule has 0 radical (unpaired) electrons. The van der Waals surface area contributed by atoms with Crippen LogP contribution in [0.5, 0.6) is 0 Å². The summed E-state index contributed by atoms with van der Waals surface area (Å²) in [4.78, 5) is 4.18. The van der Waals surface area contributed by atoms with Crippen LogP contribution in [0.3, 0.4) is 0 Å². The molecular weight excluding hydrogens is 311 g/mol. The first-order valence-electron chi connectivity index (χ1n) is 6.31. The highest BCUT2D eigenvalue weighted by Crippen LogP contribution is 2.26. The molecule has 0 aliphatic carbocycles. The van der Waals surface area contributed by atoms with E-state index in [1.807, 2.05) is 0 Å². The van der Waals surface area contributed by atoms with Gasteiger partial charge in [-0.2, -0.15) is 0 Å². The molecule has 2 aromatic rings. The van der Waals surface area contributed by atoms with Crippen LogP contribution in [0.4, 0.5) is 4.39 Å². The Kier molecular flexibility index (Phi) is 5.10. The number of aryl methyl sites for hydroxylation is 1. The monoisotopic (exact) mass is 326 g/mol. The van der Waals surface area contributed by atoms with E-state index in [1.165, 1.54) is 6.07 Å². The van der Waals surface area contributed by atoms with Gasteiger partial charge in [0, 0.05) is 10.9 Å². The second-order valence-electron chi connectivity index (χ2n) is 4.20. The highest BCUT2D eigenvalue weighted by atomic mass is 79.9. The summed E-state index contributed by atoms with van der Waals surface area (Å²) in [5, 5.41) is 3.24. The second-order valence-corrected chi connectivity index (χ2v) is 5.12. The Balaban J connectivity index is 2.04. The average molecular weight is 327 g/mol. The van der Waals surface area contributed by atoms with E-state index in [0.717, 1.165) is 25.9 Å². The summed E-state index contributed by atoms with van der Waals surface area (Å²) in [5.74, 6) is 0.809. The van der Waals surface area contributed by atoms with Crippen molar-refractivity contribution >= 4 is 15.9 Å². The van der Waals surface area contributed by atoms with Gasteiger partial charge in [-0.3, -0.25) is 0 Å². The van der Waals surface area contributed by atoms with Crippen molar-refractivity contribution in [3.63, 3.8) is 0 Å². The van der Waals surface area contributed by atoms with Crippen molar-refractivity contribution in [2.24, 2.45) is 0 Å². The van der Waals surface area contributed by atoms with E-state index in [2.05, 4.69) is 33.2 Å². The fourth-order valence-corrected chi connectivity index (χ4v) is 2.11. The number of hydrogen-bond acceptors (Lipinski definition) is 3. The SMILES string of the molecule is CCNCCCc1ncc(-c2ccc(Br)cc2F)o1. The fraction of sp³-hybridized carbons (Fsp3) is 0.357. The van der Waals surface area contributed by atoms with Gasteiger partial charge in [-0.25, -0.2) is 9.37 Å². The highest BCUT2D eigenvalue weighted by Gasteiger charge is 2.11. The van der Waals surface area contributed by atoms with E-state index in [0.29, 0.717) is 21.7 Å². The van der Waals surface area contributed by atoms with Crippen LogP contribution in [0.15, 0.2) is 33.3 Å². The maximum absolute atomic E-state index is 13.8.